The van der Waals surface area contributed by atoms with E-state index in [0.29, 0.717) is 0 Å². The molecule has 15 heavy (non-hydrogen) atoms. The van der Waals surface area contributed by atoms with Gasteiger partial charge < -0.3 is 0 Å². The fourth-order valence-electron chi connectivity index (χ4n) is 1.35. The van der Waals surface area contributed by atoms with Crippen LogP contribution in [0.1, 0.15) is 45.2 Å². The average Bonchev–Trinajstić information content (AvgIpc) is 2.19. The zero-order chi connectivity index (χ0) is 11.7. The van der Waals surface area contributed by atoms with Gasteiger partial charge in [-0.25, -0.2) is 0 Å². The van der Waals surface area contributed by atoms with Crippen molar-refractivity contribution in [2.45, 2.75) is 46.3 Å². The van der Waals surface area contributed by atoms with Crippen LogP contribution in [0.15, 0.2) is 24.3 Å². The van der Waals surface area contributed by atoms with Crippen molar-refractivity contribution >= 4 is 12.6 Å². The van der Waals surface area contributed by atoms with E-state index in [1.807, 2.05) is 0 Å². The fourth-order valence-corrected chi connectivity index (χ4v) is 1.66. The van der Waals surface area contributed by atoms with Gasteiger partial charge in [-0.2, -0.15) is 12.6 Å². The molecule has 0 aliphatic heterocycles. The molecule has 0 spiro atoms. The van der Waals surface area contributed by atoms with Gasteiger partial charge in [0.05, 0.1) is 0 Å². The Morgan fingerprint density at radius 2 is 1.53 bits per heavy atom. The van der Waals surface area contributed by atoms with Gasteiger partial charge in [0.15, 0.2) is 0 Å². The third-order valence-corrected chi connectivity index (χ3v) is 2.26. The van der Waals surface area contributed by atoms with Crippen molar-refractivity contribution in [2.75, 3.05) is 0 Å². The molecule has 0 aromatic heterocycles. The van der Waals surface area contributed by atoms with E-state index in [9.17, 15) is 0 Å². The molecule has 0 aliphatic carbocycles. The number of hydrogen-bond acceptors (Lipinski definition) is 1. The summed E-state index contributed by atoms with van der Waals surface area (Å²) in [7, 11) is 0. The molecule has 1 heteroatoms. The summed E-state index contributed by atoms with van der Waals surface area (Å²) in [5.74, 6) is 1.58. The molecule has 1 aromatic carbocycles. The molecule has 0 N–H and O–H groups in total. The highest BCUT2D eigenvalue weighted by atomic mass is 32.1. The molecule has 0 fully saturated rings. The predicted octanol–water partition coefficient (Wildman–Crippen LogP) is 4.73. The molecular formula is C14H24S. The van der Waals surface area contributed by atoms with E-state index in [2.05, 4.69) is 64.6 Å². The second-order valence-electron chi connectivity index (χ2n) is 4.23. The van der Waals surface area contributed by atoms with Gasteiger partial charge in [0.1, 0.15) is 0 Å². The molecule has 0 radical (unpaired) electrons. The van der Waals surface area contributed by atoms with E-state index >= 15 is 0 Å². The maximum Gasteiger partial charge on any atom is 0.0157 e. The second-order valence-corrected chi connectivity index (χ2v) is 4.55. The van der Waals surface area contributed by atoms with E-state index in [4.69, 9.17) is 0 Å². The van der Waals surface area contributed by atoms with Crippen LogP contribution in [-0.2, 0) is 12.2 Å². The van der Waals surface area contributed by atoms with Crippen molar-refractivity contribution in [1.29, 1.82) is 0 Å². The highest BCUT2D eigenvalue weighted by Gasteiger charge is 2.01. The van der Waals surface area contributed by atoms with Gasteiger partial charge in [-0.1, -0.05) is 58.4 Å². The first-order chi connectivity index (χ1) is 7.15. The molecule has 0 saturated heterocycles. The van der Waals surface area contributed by atoms with Crippen LogP contribution in [0.2, 0.25) is 0 Å². The minimum Gasteiger partial charge on any atom is -0.175 e. The van der Waals surface area contributed by atoms with Crippen molar-refractivity contribution in [3.05, 3.63) is 35.4 Å². The van der Waals surface area contributed by atoms with Crippen LogP contribution in [0.4, 0.5) is 0 Å². The van der Waals surface area contributed by atoms with Crippen LogP contribution in [0.25, 0.3) is 0 Å². The van der Waals surface area contributed by atoms with Crippen molar-refractivity contribution in [3.63, 3.8) is 0 Å². The average molecular weight is 224 g/mol. The molecule has 0 saturated carbocycles. The third kappa shape index (κ3) is 6.62. The minimum absolute atomic E-state index is 0.728. The van der Waals surface area contributed by atoms with E-state index < -0.39 is 0 Å². The Labute approximate surface area is 101 Å². The lowest BCUT2D eigenvalue weighted by Gasteiger charge is -2.08. The zero-order valence-electron chi connectivity index (χ0n) is 10.5. The van der Waals surface area contributed by atoms with Gasteiger partial charge in [0, 0.05) is 5.75 Å². The Kier molecular flexibility index (Phi) is 8.59. The molecule has 0 nitrogen and oxygen atoms in total. The topological polar surface area (TPSA) is 0 Å². The first kappa shape index (κ1) is 14.6. The van der Waals surface area contributed by atoms with Crippen molar-refractivity contribution in [2.24, 2.45) is 5.92 Å². The summed E-state index contributed by atoms with van der Waals surface area (Å²) in [6.07, 6.45) is 2.41. The zero-order valence-corrected chi connectivity index (χ0v) is 11.3. The van der Waals surface area contributed by atoms with Gasteiger partial charge in [0.25, 0.3) is 0 Å². The maximum atomic E-state index is 4.30. The Balaban J connectivity index is 0.000000583. The van der Waals surface area contributed by atoms with Crippen LogP contribution in [0.3, 0.4) is 0 Å². The molecule has 0 bridgehead atoms. The Morgan fingerprint density at radius 1 is 1.07 bits per heavy atom. The van der Waals surface area contributed by atoms with Crippen LogP contribution < -0.4 is 0 Å². The molecular weight excluding hydrogens is 200 g/mol. The van der Waals surface area contributed by atoms with Crippen molar-refractivity contribution < 1.29 is 0 Å². The number of benzene rings is 1. The van der Waals surface area contributed by atoms with Crippen molar-refractivity contribution in [3.8, 4) is 0 Å². The summed E-state index contributed by atoms with van der Waals surface area (Å²) < 4.78 is 0. The fraction of sp³-hybridized carbons (Fsp3) is 0.571. The first-order valence-electron chi connectivity index (χ1n) is 5.83. The lowest BCUT2D eigenvalue weighted by Crippen LogP contribution is -1.97. The predicted molar refractivity (Wildman–Crippen MR) is 73.6 cm³/mol. The van der Waals surface area contributed by atoms with E-state index in [-0.39, 0.29) is 0 Å². The lowest BCUT2D eigenvalue weighted by molar-refractivity contribution is 0.644. The van der Waals surface area contributed by atoms with Gasteiger partial charge in [-0.05, 0) is 23.5 Å². The summed E-state index contributed by atoms with van der Waals surface area (Å²) in [5, 5.41) is 0. The highest BCUT2D eigenvalue weighted by molar-refractivity contribution is 7.79. The molecule has 0 heterocycles. The van der Waals surface area contributed by atoms with Gasteiger partial charge in [0.2, 0.25) is 0 Å². The Morgan fingerprint density at radius 3 is 1.93 bits per heavy atom. The van der Waals surface area contributed by atoms with Crippen molar-refractivity contribution in [1.82, 2.24) is 0 Å². The van der Waals surface area contributed by atoms with Gasteiger partial charge >= 0.3 is 0 Å². The summed E-state index contributed by atoms with van der Waals surface area (Å²) in [5.41, 5.74) is 2.82. The van der Waals surface area contributed by atoms with E-state index in [1.54, 1.807) is 0 Å². The first-order valence-corrected chi connectivity index (χ1v) is 6.46. The number of thiol groups is 1. The molecule has 1 rings (SSSR count). The van der Waals surface area contributed by atoms with Crippen LogP contribution in [-0.4, -0.2) is 0 Å². The van der Waals surface area contributed by atoms with Crippen LogP contribution >= 0.6 is 12.6 Å². The molecule has 0 atom stereocenters. The quantitative estimate of drug-likeness (QED) is 0.705. The monoisotopic (exact) mass is 224 g/mol. The van der Waals surface area contributed by atoms with E-state index in [0.717, 1.165) is 18.1 Å². The third-order valence-electron chi connectivity index (χ3n) is 1.92. The molecule has 0 unspecified atom stereocenters. The molecule has 1 aromatic rings. The lowest BCUT2D eigenvalue weighted by atomic mass is 9.99. The smallest absolute Gasteiger partial charge is 0.0157 e. The minimum atomic E-state index is 0.728. The molecule has 86 valence electrons. The Hall–Kier alpha value is -0.430. The summed E-state index contributed by atoms with van der Waals surface area (Å²) in [6, 6.07) is 8.54. The second kappa shape index (κ2) is 8.84. The molecule has 0 amide bonds. The standard InChI is InChI=1S/C11H16S.C3H8/c1-9(2)7-10-5-3-4-6-11(10)8-12;1-3-2/h3-6,9,12H,7-8H2,1-2H3;3H2,1-2H3. The maximum absolute atomic E-state index is 4.30. The Bertz CT molecular complexity index is 253. The normalized spacial score (nSPS) is 9.73. The largest absolute Gasteiger partial charge is 0.175 e. The highest BCUT2D eigenvalue weighted by Crippen LogP contribution is 2.15. The number of hydrogen-bond donors (Lipinski definition) is 1. The SMILES string of the molecule is CC(C)Cc1ccccc1CS.CCC. The van der Waals surface area contributed by atoms with Crippen LogP contribution in [0.5, 0.6) is 0 Å². The summed E-state index contributed by atoms with van der Waals surface area (Å²) in [6.45, 7) is 8.74. The number of rotatable bonds is 3. The summed E-state index contributed by atoms with van der Waals surface area (Å²) >= 11 is 4.30. The van der Waals surface area contributed by atoms with Crippen LogP contribution in [0, 0.1) is 5.92 Å². The van der Waals surface area contributed by atoms with Gasteiger partial charge in [-0.3, -0.25) is 0 Å². The summed E-state index contributed by atoms with van der Waals surface area (Å²) in [4.78, 5) is 0. The van der Waals surface area contributed by atoms with E-state index in [1.165, 1.54) is 17.5 Å². The molecule has 0 aliphatic rings. The van der Waals surface area contributed by atoms with Gasteiger partial charge in [-0.15, -0.1) is 0 Å².